The zero-order chi connectivity index (χ0) is 42.6. The minimum atomic E-state index is -1.09. The van der Waals surface area contributed by atoms with Gasteiger partial charge in [-0.1, -0.05) is 62.4 Å². The number of allylic oxidation sites excluding steroid dienone is 2. The van der Waals surface area contributed by atoms with E-state index in [0.29, 0.717) is 19.4 Å². The number of Topliss-reactive ketones (excluding diaryl/α,β-unsaturated/α-hetero) is 2. The highest BCUT2D eigenvalue weighted by atomic mass is 16.6. The molecule has 1 saturated carbocycles. The number of benzene rings is 2. The Morgan fingerprint density at radius 3 is 1.78 bits per heavy atom. The maximum absolute atomic E-state index is 12.5. The predicted molar refractivity (Wildman–Crippen MR) is 217 cm³/mol. The summed E-state index contributed by atoms with van der Waals surface area (Å²) in [5.74, 6) is -2.29. The predicted octanol–water partition coefficient (Wildman–Crippen LogP) is 3.27. The van der Waals surface area contributed by atoms with E-state index >= 15 is 0 Å². The Kier molecular flexibility index (Phi) is 19.0. The van der Waals surface area contributed by atoms with Crippen molar-refractivity contribution in [2.24, 2.45) is 5.41 Å². The Morgan fingerprint density at radius 1 is 0.712 bits per heavy atom. The van der Waals surface area contributed by atoms with E-state index in [1.165, 1.54) is 0 Å². The molecule has 2 aliphatic rings. The molecule has 0 radical (unpaired) electrons. The lowest BCUT2D eigenvalue weighted by molar-refractivity contribution is -0.139. The lowest BCUT2D eigenvalue weighted by Gasteiger charge is -2.30. The highest BCUT2D eigenvalue weighted by Crippen LogP contribution is 2.44. The summed E-state index contributed by atoms with van der Waals surface area (Å²) < 4.78 is 27.0. The van der Waals surface area contributed by atoms with E-state index < -0.39 is 23.5 Å². The van der Waals surface area contributed by atoms with E-state index in [1.807, 2.05) is 38.1 Å². The highest BCUT2D eigenvalue weighted by Gasteiger charge is 2.37. The van der Waals surface area contributed by atoms with Crippen molar-refractivity contribution in [3.8, 4) is 11.1 Å². The lowest BCUT2D eigenvalue weighted by Crippen LogP contribution is -2.39. The normalized spacial score (nSPS) is 14.9. The number of alkyl carbamates (subject to hydrolysis) is 1. The molecule has 0 bridgehead atoms. The molecule has 0 heterocycles. The van der Waals surface area contributed by atoms with Crippen molar-refractivity contribution in [1.29, 1.82) is 0 Å². The van der Waals surface area contributed by atoms with Crippen molar-refractivity contribution < 1.29 is 57.6 Å². The van der Waals surface area contributed by atoms with Gasteiger partial charge in [0.25, 0.3) is 0 Å². The van der Waals surface area contributed by atoms with Gasteiger partial charge in [-0.3, -0.25) is 19.2 Å². The second-order valence-corrected chi connectivity index (χ2v) is 15.2. The van der Waals surface area contributed by atoms with Crippen LogP contribution in [0.2, 0.25) is 0 Å². The number of hydrogen-bond donors (Lipinski definition) is 5. The van der Waals surface area contributed by atoms with Crippen LogP contribution in [-0.2, 0) is 47.7 Å². The fourth-order valence-corrected chi connectivity index (χ4v) is 6.98. The van der Waals surface area contributed by atoms with Gasteiger partial charge in [0.15, 0.2) is 11.6 Å². The van der Waals surface area contributed by atoms with Crippen molar-refractivity contribution in [2.75, 3.05) is 79.1 Å². The number of amides is 3. The second kappa shape index (κ2) is 24.1. The SMILES string of the molecule is CC(N[C@@H](CCCCNC(=O)COCCOCCNC(=O)COCCOCCNC(=O)OCC1c2ccccc2-c2ccccc21)C(=O)O)=C1C(=O)CC(C)(C)CC1=O. The van der Waals surface area contributed by atoms with Crippen LogP contribution in [0.1, 0.15) is 69.9 Å². The van der Waals surface area contributed by atoms with Crippen LogP contribution in [0.15, 0.2) is 59.8 Å². The van der Waals surface area contributed by atoms with Gasteiger partial charge in [-0.05, 0) is 53.9 Å². The van der Waals surface area contributed by atoms with Gasteiger partial charge in [0.2, 0.25) is 11.8 Å². The third kappa shape index (κ3) is 15.5. The summed E-state index contributed by atoms with van der Waals surface area (Å²) in [6, 6.07) is 15.3. The summed E-state index contributed by atoms with van der Waals surface area (Å²) in [6.07, 6.45) is 1.20. The summed E-state index contributed by atoms with van der Waals surface area (Å²) in [5.41, 5.74) is 4.55. The first-order valence-corrected chi connectivity index (χ1v) is 20.1. The number of rotatable bonds is 26. The number of ether oxygens (including phenoxy) is 5. The Hall–Kier alpha value is -5.16. The van der Waals surface area contributed by atoms with Crippen molar-refractivity contribution >= 4 is 35.4 Å². The summed E-state index contributed by atoms with van der Waals surface area (Å²) in [5, 5.41) is 20.6. The van der Waals surface area contributed by atoms with Crippen LogP contribution in [0.25, 0.3) is 11.1 Å². The summed E-state index contributed by atoms with van der Waals surface area (Å²) in [7, 11) is 0. The van der Waals surface area contributed by atoms with E-state index in [1.54, 1.807) is 6.92 Å². The molecule has 3 amide bonds. The number of carboxylic acid groups (broad SMARTS) is 1. The second-order valence-electron chi connectivity index (χ2n) is 15.2. The Balaban J connectivity index is 0.910. The molecule has 0 aromatic heterocycles. The van der Waals surface area contributed by atoms with Gasteiger partial charge in [0.05, 0.1) is 45.2 Å². The van der Waals surface area contributed by atoms with Crippen molar-refractivity contribution in [2.45, 2.75) is 64.8 Å². The van der Waals surface area contributed by atoms with E-state index in [-0.39, 0.29) is 132 Å². The molecule has 2 aromatic carbocycles. The monoisotopic (exact) mass is 822 g/mol. The number of aliphatic carboxylic acids is 1. The zero-order valence-corrected chi connectivity index (χ0v) is 34.2. The number of carboxylic acids is 1. The zero-order valence-electron chi connectivity index (χ0n) is 34.2. The minimum Gasteiger partial charge on any atom is -0.480 e. The van der Waals surface area contributed by atoms with Crippen LogP contribution in [0.4, 0.5) is 4.79 Å². The van der Waals surface area contributed by atoms with Crippen molar-refractivity contribution in [3.05, 3.63) is 70.9 Å². The molecule has 59 heavy (non-hydrogen) atoms. The average Bonchev–Trinajstić information content (AvgIpc) is 3.51. The van der Waals surface area contributed by atoms with Crippen LogP contribution < -0.4 is 21.3 Å². The maximum atomic E-state index is 12.5. The molecule has 5 N–H and O–H groups in total. The first-order chi connectivity index (χ1) is 28.4. The van der Waals surface area contributed by atoms with Crippen LogP contribution in [0.5, 0.6) is 0 Å². The lowest BCUT2D eigenvalue weighted by atomic mass is 9.73. The van der Waals surface area contributed by atoms with Crippen LogP contribution in [0, 0.1) is 5.41 Å². The van der Waals surface area contributed by atoms with Gasteiger partial charge in [-0.15, -0.1) is 0 Å². The number of carbonyl (C=O) groups is 6. The summed E-state index contributed by atoms with van der Waals surface area (Å²) in [6.45, 7) is 7.42. The number of carbonyl (C=O) groups excluding carboxylic acids is 5. The van der Waals surface area contributed by atoms with Crippen molar-refractivity contribution in [3.63, 3.8) is 0 Å². The van der Waals surface area contributed by atoms with E-state index in [4.69, 9.17) is 23.7 Å². The number of hydrogen-bond acceptors (Lipinski definition) is 12. The quantitative estimate of drug-likeness (QED) is 0.0524. The molecular formula is C43H58N4O12. The fourth-order valence-electron chi connectivity index (χ4n) is 6.98. The molecule has 0 aliphatic heterocycles. The van der Waals surface area contributed by atoms with Crippen LogP contribution in [0.3, 0.4) is 0 Å². The van der Waals surface area contributed by atoms with E-state index in [9.17, 15) is 33.9 Å². The maximum Gasteiger partial charge on any atom is 0.407 e. The fraction of sp³-hybridized carbons (Fsp3) is 0.535. The third-order valence-electron chi connectivity index (χ3n) is 9.78. The van der Waals surface area contributed by atoms with Crippen LogP contribution >= 0.6 is 0 Å². The van der Waals surface area contributed by atoms with E-state index in [0.717, 1.165) is 22.3 Å². The Labute approximate surface area is 345 Å². The molecule has 1 fully saturated rings. The summed E-state index contributed by atoms with van der Waals surface area (Å²) in [4.78, 5) is 73.2. The molecule has 4 rings (SSSR count). The molecule has 16 heteroatoms. The molecule has 0 saturated heterocycles. The highest BCUT2D eigenvalue weighted by molar-refractivity contribution is 6.22. The van der Waals surface area contributed by atoms with Gasteiger partial charge in [-0.2, -0.15) is 0 Å². The summed E-state index contributed by atoms with van der Waals surface area (Å²) >= 11 is 0. The standard InChI is InChI=1S/C43H58N4O12/c1-29(40-36(48)24-43(2,3)25-37(40)49)47-35(41(52)53)14-8-9-15-44-38(50)27-57-22-20-55-18-16-45-39(51)28-58-23-21-56-19-17-46-42(54)59-26-34-32-12-6-4-10-30(32)31-11-5-7-13-33(31)34/h4-7,10-13,34-35,47H,8-9,14-28H2,1-3H3,(H,44,50)(H,45,51)(H,46,54)(H,52,53)/t35-/m0/s1. The molecule has 0 spiro atoms. The number of fused-ring (bicyclic) bond motifs is 3. The average molecular weight is 823 g/mol. The van der Waals surface area contributed by atoms with Gasteiger partial charge in [0.1, 0.15) is 25.9 Å². The third-order valence-corrected chi connectivity index (χ3v) is 9.78. The van der Waals surface area contributed by atoms with Crippen LogP contribution in [-0.4, -0.2) is 126 Å². The van der Waals surface area contributed by atoms with E-state index in [2.05, 4.69) is 45.5 Å². The first kappa shape index (κ1) is 46.5. The van der Waals surface area contributed by atoms with Crippen molar-refractivity contribution in [1.82, 2.24) is 21.3 Å². The van der Waals surface area contributed by atoms with Gasteiger partial charge in [0, 0.05) is 44.1 Å². The minimum absolute atomic E-state index is 0.0110. The van der Waals surface area contributed by atoms with Gasteiger partial charge < -0.3 is 50.1 Å². The molecule has 16 nitrogen and oxygen atoms in total. The molecular weight excluding hydrogens is 764 g/mol. The smallest absolute Gasteiger partial charge is 0.407 e. The van der Waals surface area contributed by atoms with Gasteiger partial charge in [-0.25, -0.2) is 9.59 Å². The number of ketones is 2. The largest absolute Gasteiger partial charge is 0.480 e. The Morgan fingerprint density at radius 2 is 1.22 bits per heavy atom. The number of unbranched alkanes of at least 4 members (excludes halogenated alkanes) is 1. The first-order valence-electron chi connectivity index (χ1n) is 20.1. The molecule has 0 unspecified atom stereocenters. The Bertz CT molecular complexity index is 1730. The molecule has 1 atom stereocenters. The molecule has 2 aliphatic carbocycles. The number of nitrogens with one attached hydrogen (secondary N) is 4. The topological polar surface area (TPSA) is 217 Å². The molecule has 322 valence electrons. The molecule has 2 aromatic rings. The van der Waals surface area contributed by atoms with Gasteiger partial charge >= 0.3 is 12.1 Å².